The quantitative estimate of drug-likeness (QED) is 0.842. The van der Waals surface area contributed by atoms with Crippen molar-refractivity contribution >= 4 is 34.8 Å². The summed E-state index contributed by atoms with van der Waals surface area (Å²) in [4.78, 5) is 40.9. The minimum atomic E-state index is -0.721. The van der Waals surface area contributed by atoms with E-state index in [2.05, 4.69) is 5.32 Å². The second-order valence-corrected chi connectivity index (χ2v) is 6.72. The molecule has 2 heterocycles. The Morgan fingerprint density at radius 1 is 1.15 bits per heavy atom. The third kappa shape index (κ3) is 2.95. The molecule has 1 N–H and O–H groups in total. The highest BCUT2D eigenvalue weighted by Crippen LogP contribution is 2.38. The van der Waals surface area contributed by atoms with Gasteiger partial charge in [-0.25, -0.2) is 4.39 Å². The predicted octanol–water partition coefficient (Wildman–Crippen LogP) is 2.65. The zero-order chi connectivity index (χ0) is 19.1. The fraction of sp³-hybridized carbons (Fsp3) is 0.250. The fourth-order valence-corrected chi connectivity index (χ4v) is 3.68. The number of rotatable bonds is 1. The van der Waals surface area contributed by atoms with Crippen molar-refractivity contribution in [1.82, 2.24) is 0 Å². The number of carbonyl (C=O) groups is 3. The first-order chi connectivity index (χ1) is 13.0. The minimum absolute atomic E-state index is 0.0140. The van der Waals surface area contributed by atoms with Gasteiger partial charge in [-0.05, 0) is 29.8 Å². The Morgan fingerprint density at radius 2 is 1.89 bits per heavy atom. The Morgan fingerprint density at radius 3 is 2.67 bits per heavy atom. The van der Waals surface area contributed by atoms with Crippen LogP contribution in [-0.4, -0.2) is 31.3 Å². The Kier molecular flexibility index (Phi) is 4.14. The summed E-state index contributed by atoms with van der Waals surface area (Å²) in [7, 11) is 1.68. The average molecular weight is 367 g/mol. The van der Waals surface area contributed by atoms with Gasteiger partial charge in [0, 0.05) is 32.1 Å². The number of hydrogen-bond acceptors (Lipinski definition) is 3. The summed E-state index contributed by atoms with van der Waals surface area (Å²) in [6.45, 7) is 0.230. The zero-order valence-electron chi connectivity index (χ0n) is 14.7. The molecule has 27 heavy (non-hydrogen) atoms. The van der Waals surface area contributed by atoms with E-state index >= 15 is 0 Å². The molecule has 4 rings (SSSR count). The zero-order valence-corrected chi connectivity index (χ0v) is 14.7. The Hall–Kier alpha value is -3.22. The number of fused-ring (bicyclic) bond motifs is 2. The summed E-state index contributed by atoms with van der Waals surface area (Å²) in [6, 6.07) is 11.2. The number of para-hydroxylation sites is 2. The normalized spacial score (nSPS) is 19.1. The molecule has 2 aromatic rings. The molecule has 2 aliphatic heterocycles. The van der Waals surface area contributed by atoms with Gasteiger partial charge in [0.15, 0.2) is 0 Å². The molecule has 1 unspecified atom stereocenters. The molecule has 2 aliphatic rings. The first-order valence-corrected chi connectivity index (χ1v) is 8.72. The lowest BCUT2D eigenvalue weighted by Crippen LogP contribution is -2.39. The third-order valence-corrected chi connectivity index (χ3v) is 5.08. The van der Waals surface area contributed by atoms with E-state index in [9.17, 15) is 18.8 Å². The van der Waals surface area contributed by atoms with Crippen molar-refractivity contribution < 1.29 is 18.8 Å². The first-order valence-electron chi connectivity index (χ1n) is 8.72. The van der Waals surface area contributed by atoms with Gasteiger partial charge >= 0.3 is 0 Å². The van der Waals surface area contributed by atoms with Crippen LogP contribution in [0.4, 0.5) is 21.5 Å². The molecule has 0 saturated carbocycles. The monoisotopic (exact) mass is 367 g/mol. The number of hydrogen-bond donors (Lipinski definition) is 1. The van der Waals surface area contributed by atoms with Gasteiger partial charge in [-0.15, -0.1) is 0 Å². The van der Waals surface area contributed by atoms with Crippen molar-refractivity contribution in [3.05, 3.63) is 53.8 Å². The lowest BCUT2D eigenvalue weighted by atomic mass is 9.89. The molecule has 0 aliphatic carbocycles. The van der Waals surface area contributed by atoms with E-state index < -0.39 is 11.7 Å². The van der Waals surface area contributed by atoms with E-state index in [1.807, 2.05) is 6.07 Å². The van der Waals surface area contributed by atoms with Crippen LogP contribution in [0.2, 0.25) is 0 Å². The fourth-order valence-electron chi connectivity index (χ4n) is 3.68. The summed E-state index contributed by atoms with van der Waals surface area (Å²) in [5, 5.41) is 2.62. The maximum Gasteiger partial charge on any atom is 0.235 e. The van der Waals surface area contributed by atoms with E-state index in [4.69, 9.17) is 0 Å². The molecule has 3 amide bonds. The van der Waals surface area contributed by atoms with Crippen molar-refractivity contribution in [2.24, 2.45) is 0 Å². The summed E-state index contributed by atoms with van der Waals surface area (Å²) in [5.41, 5.74) is 2.18. The average Bonchev–Trinajstić information content (AvgIpc) is 2.78. The standard InChI is InChI=1S/C20H18FN3O3/c1-23-16-4-2-3-5-17(16)24(9-8-19(23)26)20(27)14-11-18(25)22-15-10-12(21)6-7-13(14)15/h2-7,10,14H,8-9,11H2,1H3,(H,22,25). The van der Waals surface area contributed by atoms with Crippen molar-refractivity contribution in [2.45, 2.75) is 18.8 Å². The number of halogens is 1. The van der Waals surface area contributed by atoms with Gasteiger partial charge in [0.1, 0.15) is 5.82 Å². The van der Waals surface area contributed by atoms with Gasteiger partial charge in [-0.3, -0.25) is 14.4 Å². The second-order valence-electron chi connectivity index (χ2n) is 6.72. The van der Waals surface area contributed by atoms with Crippen molar-refractivity contribution in [3.8, 4) is 0 Å². The highest BCUT2D eigenvalue weighted by atomic mass is 19.1. The smallest absolute Gasteiger partial charge is 0.235 e. The molecule has 2 aromatic carbocycles. The van der Waals surface area contributed by atoms with Crippen LogP contribution in [0.3, 0.4) is 0 Å². The van der Waals surface area contributed by atoms with Crippen molar-refractivity contribution in [1.29, 1.82) is 0 Å². The van der Waals surface area contributed by atoms with Crippen LogP contribution in [0, 0.1) is 5.82 Å². The van der Waals surface area contributed by atoms with Crippen LogP contribution >= 0.6 is 0 Å². The molecular formula is C20H18FN3O3. The first kappa shape index (κ1) is 17.2. The van der Waals surface area contributed by atoms with Crippen molar-refractivity contribution in [3.63, 3.8) is 0 Å². The van der Waals surface area contributed by atoms with E-state index in [-0.39, 0.29) is 37.1 Å². The molecule has 0 aromatic heterocycles. The molecule has 138 valence electrons. The second kappa shape index (κ2) is 6.50. The number of anilines is 3. The maximum absolute atomic E-state index is 13.6. The molecule has 6 nitrogen and oxygen atoms in total. The SMILES string of the molecule is CN1C(=O)CCN(C(=O)C2CC(=O)Nc3cc(F)ccc32)c2ccccc21. The molecule has 0 saturated heterocycles. The Labute approximate surface area is 155 Å². The molecule has 1 atom stereocenters. The third-order valence-electron chi connectivity index (χ3n) is 5.08. The maximum atomic E-state index is 13.6. The summed E-state index contributed by atoms with van der Waals surface area (Å²) >= 11 is 0. The minimum Gasteiger partial charge on any atom is -0.326 e. The summed E-state index contributed by atoms with van der Waals surface area (Å²) < 4.78 is 13.6. The van der Waals surface area contributed by atoms with Gasteiger partial charge in [-0.2, -0.15) is 0 Å². The molecule has 0 spiro atoms. The molecule has 7 heteroatoms. The van der Waals surface area contributed by atoms with E-state index in [0.717, 1.165) is 0 Å². The number of nitrogens with zero attached hydrogens (tertiary/aromatic N) is 2. The van der Waals surface area contributed by atoms with Crippen LogP contribution in [0.1, 0.15) is 24.3 Å². The number of amides is 3. The highest BCUT2D eigenvalue weighted by Gasteiger charge is 2.36. The number of benzene rings is 2. The molecular weight excluding hydrogens is 349 g/mol. The van der Waals surface area contributed by atoms with E-state index in [1.54, 1.807) is 35.0 Å². The van der Waals surface area contributed by atoms with E-state index in [0.29, 0.717) is 22.6 Å². The lowest BCUT2D eigenvalue weighted by Gasteiger charge is -2.31. The molecule has 0 fully saturated rings. The summed E-state index contributed by atoms with van der Waals surface area (Å²) in [5.74, 6) is -1.88. The molecule has 0 bridgehead atoms. The molecule has 0 radical (unpaired) electrons. The summed E-state index contributed by atoms with van der Waals surface area (Å²) in [6.07, 6.45) is 0.173. The van der Waals surface area contributed by atoms with Crippen LogP contribution in [0.5, 0.6) is 0 Å². The van der Waals surface area contributed by atoms with Crippen LogP contribution in [0.25, 0.3) is 0 Å². The van der Waals surface area contributed by atoms with Crippen LogP contribution in [0.15, 0.2) is 42.5 Å². The number of nitrogens with one attached hydrogen (secondary N) is 1. The van der Waals surface area contributed by atoms with Crippen molar-refractivity contribution in [2.75, 3.05) is 28.7 Å². The topological polar surface area (TPSA) is 69.7 Å². The number of carbonyl (C=O) groups excluding carboxylic acids is 3. The Balaban J connectivity index is 1.76. The van der Waals surface area contributed by atoms with Crippen LogP contribution in [-0.2, 0) is 14.4 Å². The highest BCUT2D eigenvalue weighted by molar-refractivity contribution is 6.09. The Bertz CT molecular complexity index is 959. The van der Waals surface area contributed by atoms with Gasteiger partial charge in [0.05, 0.1) is 17.3 Å². The van der Waals surface area contributed by atoms with E-state index in [1.165, 1.54) is 18.2 Å². The predicted molar refractivity (Wildman–Crippen MR) is 99.2 cm³/mol. The van der Waals surface area contributed by atoms with Gasteiger partial charge in [0.2, 0.25) is 17.7 Å². The van der Waals surface area contributed by atoms with Gasteiger partial charge in [0.25, 0.3) is 0 Å². The van der Waals surface area contributed by atoms with Gasteiger partial charge < -0.3 is 15.1 Å². The largest absolute Gasteiger partial charge is 0.326 e. The van der Waals surface area contributed by atoms with Crippen LogP contribution < -0.4 is 15.1 Å². The lowest BCUT2D eigenvalue weighted by molar-refractivity contribution is -0.124. The van der Waals surface area contributed by atoms with Gasteiger partial charge in [-0.1, -0.05) is 18.2 Å².